The summed E-state index contributed by atoms with van der Waals surface area (Å²) in [6.45, 7) is 6.29. The quantitative estimate of drug-likeness (QED) is 0.529. The molecule has 0 spiro atoms. The van der Waals surface area contributed by atoms with Gasteiger partial charge in [-0.25, -0.2) is 0 Å². The van der Waals surface area contributed by atoms with Gasteiger partial charge < -0.3 is 5.11 Å². The SMILES string of the molecule is CCC[C@@](O)(CCc1ccccc1)CC(=O)CC(CC)c1cccc(C)c1. The van der Waals surface area contributed by atoms with Gasteiger partial charge in [-0.1, -0.05) is 80.4 Å². The molecule has 0 aromatic heterocycles. The first-order valence-corrected chi connectivity index (χ1v) is 10.3. The lowest BCUT2D eigenvalue weighted by Crippen LogP contribution is -2.32. The number of hydrogen-bond acceptors (Lipinski definition) is 2. The number of carbonyl (C=O) groups is 1. The molecular weight excluding hydrogens is 332 g/mol. The first-order chi connectivity index (χ1) is 13.0. The van der Waals surface area contributed by atoms with Crippen LogP contribution in [0.1, 0.15) is 75.0 Å². The van der Waals surface area contributed by atoms with Crippen LogP contribution in [0.25, 0.3) is 0 Å². The van der Waals surface area contributed by atoms with Gasteiger partial charge in [0, 0.05) is 12.8 Å². The minimum absolute atomic E-state index is 0.173. The van der Waals surface area contributed by atoms with Crippen LogP contribution in [0.3, 0.4) is 0 Å². The first kappa shape index (κ1) is 21.4. The zero-order chi connectivity index (χ0) is 19.7. The molecule has 0 aliphatic rings. The van der Waals surface area contributed by atoms with Crippen molar-refractivity contribution in [3.63, 3.8) is 0 Å². The Morgan fingerprint density at radius 2 is 1.78 bits per heavy atom. The van der Waals surface area contributed by atoms with E-state index in [1.54, 1.807) is 0 Å². The highest BCUT2D eigenvalue weighted by Gasteiger charge is 2.29. The number of benzene rings is 2. The molecule has 0 saturated carbocycles. The lowest BCUT2D eigenvalue weighted by molar-refractivity contribution is -0.125. The average molecular weight is 367 g/mol. The first-order valence-electron chi connectivity index (χ1n) is 10.3. The second-order valence-electron chi connectivity index (χ2n) is 7.90. The van der Waals surface area contributed by atoms with Crippen molar-refractivity contribution in [3.05, 3.63) is 71.3 Å². The molecule has 1 N–H and O–H groups in total. The molecule has 0 heterocycles. The molecule has 146 valence electrons. The van der Waals surface area contributed by atoms with E-state index >= 15 is 0 Å². The van der Waals surface area contributed by atoms with Crippen LogP contribution in [-0.2, 0) is 11.2 Å². The van der Waals surface area contributed by atoms with Crippen LogP contribution in [0, 0.1) is 6.92 Å². The Morgan fingerprint density at radius 1 is 1.04 bits per heavy atom. The van der Waals surface area contributed by atoms with Crippen molar-refractivity contribution in [1.82, 2.24) is 0 Å². The van der Waals surface area contributed by atoms with Crippen LogP contribution in [0.4, 0.5) is 0 Å². The summed E-state index contributed by atoms with van der Waals surface area (Å²) < 4.78 is 0. The minimum Gasteiger partial charge on any atom is -0.389 e. The van der Waals surface area contributed by atoms with Crippen molar-refractivity contribution >= 4 is 5.78 Å². The maximum absolute atomic E-state index is 12.8. The monoisotopic (exact) mass is 366 g/mol. The van der Waals surface area contributed by atoms with E-state index in [0.29, 0.717) is 19.3 Å². The van der Waals surface area contributed by atoms with Crippen molar-refractivity contribution < 1.29 is 9.90 Å². The third-order valence-corrected chi connectivity index (χ3v) is 5.44. The van der Waals surface area contributed by atoms with Crippen molar-refractivity contribution in [2.24, 2.45) is 0 Å². The van der Waals surface area contributed by atoms with Crippen molar-refractivity contribution in [1.29, 1.82) is 0 Å². The minimum atomic E-state index is -0.896. The Hall–Kier alpha value is -1.93. The molecule has 2 atom stereocenters. The number of ketones is 1. The summed E-state index contributed by atoms with van der Waals surface area (Å²) in [6, 6.07) is 18.6. The van der Waals surface area contributed by atoms with Crippen LogP contribution >= 0.6 is 0 Å². The highest BCUT2D eigenvalue weighted by molar-refractivity contribution is 5.80. The van der Waals surface area contributed by atoms with Gasteiger partial charge in [-0.2, -0.15) is 0 Å². The molecule has 0 fully saturated rings. The van der Waals surface area contributed by atoms with Crippen LogP contribution in [-0.4, -0.2) is 16.5 Å². The number of rotatable bonds is 11. The van der Waals surface area contributed by atoms with Crippen molar-refractivity contribution in [3.8, 4) is 0 Å². The number of Topliss-reactive ketones (excluding diaryl/α,β-unsaturated/α-hetero) is 1. The van der Waals surface area contributed by atoms with Gasteiger partial charge in [0.05, 0.1) is 5.60 Å². The van der Waals surface area contributed by atoms with Gasteiger partial charge in [0.15, 0.2) is 0 Å². The third-order valence-electron chi connectivity index (χ3n) is 5.44. The van der Waals surface area contributed by atoms with Crippen LogP contribution in [0.15, 0.2) is 54.6 Å². The maximum Gasteiger partial charge on any atom is 0.136 e. The standard InChI is InChI=1S/C25H34O2/c1-4-15-25(27,16-14-21-11-7-6-8-12-21)19-24(26)18-22(5-2)23-13-9-10-20(3)17-23/h6-13,17,22,27H,4-5,14-16,18-19H2,1-3H3/t22?,25-/m1/s1. The smallest absolute Gasteiger partial charge is 0.136 e. The van der Waals surface area contributed by atoms with Crippen molar-refractivity contribution in [2.45, 2.75) is 77.2 Å². The number of hydrogen-bond donors (Lipinski definition) is 1. The summed E-state index contributed by atoms with van der Waals surface area (Å²) in [5, 5.41) is 11.1. The van der Waals surface area contributed by atoms with Gasteiger partial charge in [-0.3, -0.25) is 4.79 Å². The molecule has 1 unspecified atom stereocenters. The third kappa shape index (κ3) is 6.95. The van der Waals surface area contributed by atoms with Gasteiger partial charge >= 0.3 is 0 Å². The topological polar surface area (TPSA) is 37.3 Å². The second kappa shape index (κ2) is 10.4. The second-order valence-corrected chi connectivity index (χ2v) is 7.90. The van der Waals surface area contributed by atoms with Gasteiger partial charge in [-0.15, -0.1) is 0 Å². The summed E-state index contributed by atoms with van der Waals surface area (Å²) in [6.07, 6.45) is 4.71. The van der Waals surface area contributed by atoms with Gasteiger partial charge in [0.1, 0.15) is 5.78 Å². The Balaban J connectivity index is 2.00. The van der Waals surface area contributed by atoms with Gasteiger partial charge in [0.25, 0.3) is 0 Å². The number of aryl methyl sites for hydroxylation is 2. The lowest BCUT2D eigenvalue weighted by atomic mass is 9.82. The van der Waals surface area contributed by atoms with Crippen molar-refractivity contribution in [2.75, 3.05) is 0 Å². The fourth-order valence-corrected chi connectivity index (χ4v) is 3.92. The molecule has 2 rings (SSSR count). The van der Waals surface area contributed by atoms with E-state index in [2.05, 4.69) is 57.2 Å². The molecule has 2 nitrogen and oxygen atoms in total. The molecule has 0 radical (unpaired) electrons. The molecule has 0 saturated heterocycles. The van der Waals surface area contributed by atoms with Gasteiger partial charge in [-0.05, 0) is 49.7 Å². The fraction of sp³-hybridized carbons (Fsp3) is 0.480. The largest absolute Gasteiger partial charge is 0.389 e. The fourth-order valence-electron chi connectivity index (χ4n) is 3.92. The molecule has 0 amide bonds. The molecule has 2 aromatic rings. The molecule has 2 aromatic carbocycles. The molecule has 27 heavy (non-hydrogen) atoms. The average Bonchev–Trinajstić information content (AvgIpc) is 2.65. The number of carbonyl (C=O) groups excluding carboxylic acids is 1. The summed E-state index contributed by atoms with van der Waals surface area (Å²) in [7, 11) is 0. The summed E-state index contributed by atoms with van der Waals surface area (Å²) in [5.74, 6) is 0.407. The van der Waals surface area contributed by atoms with E-state index in [1.807, 2.05) is 18.2 Å². The van der Waals surface area contributed by atoms with Crippen LogP contribution in [0.5, 0.6) is 0 Å². The Labute approximate surface area is 164 Å². The predicted molar refractivity (Wildman–Crippen MR) is 113 cm³/mol. The zero-order valence-corrected chi connectivity index (χ0v) is 17.1. The van der Waals surface area contributed by atoms with Crippen LogP contribution in [0.2, 0.25) is 0 Å². The zero-order valence-electron chi connectivity index (χ0n) is 17.1. The number of aliphatic hydroxyl groups is 1. The molecular formula is C25H34O2. The normalized spacial score (nSPS) is 14.5. The van der Waals surface area contributed by atoms with E-state index in [9.17, 15) is 9.90 Å². The summed E-state index contributed by atoms with van der Waals surface area (Å²) in [5.41, 5.74) is 2.77. The van der Waals surface area contributed by atoms with E-state index in [0.717, 1.165) is 19.3 Å². The lowest BCUT2D eigenvalue weighted by Gasteiger charge is -2.28. The molecule has 0 aliphatic carbocycles. The Bertz CT molecular complexity index is 707. The van der Waals surface area contributed by atoms with E-state index in [-0.39, 0.29) is 18.1 Å². The highest BCUT2D eigenvalue weighted by atomic mass is 16.3. The highest BCUT2D eigenvalue weighted by Crippen LogP contribution is 2.29. The van der Waals surface area contributed by atoms with E-state index in [1.165, 1.54) is 16.7 Å². The van der Waals surface area contributed by atoms with E-state index < -0.39 is 5.60 Å². The van der Waals surface area contributed by atoms with Crippen LogP contribution < -0.4 is 0 Å². The molecule has 0 aliphatic heterocycles. The Morgan fingerprint density at radius 3 is 2.41 bits per heavy atom. The molecule has 0 bridgehead atoms. The maximum atomic E-state index is 12.8. The van der Waals surface area contributed by atoms with Gasteiger partial charge in [0.2, 0.25) is 0 Å². The summed E-state index contributed by atoms with van der Waals surface area (Å²) in [4.78, 5) is 12.8. The van der Waals surface area contributed by atoms with E-state index in [4.69, 9.17) is 0 Å². The summed E-state index contributed by atoms with van der Waals surface area (Å²) >= 11 is 0. The molecule has 2 heteroatoms. The predicted octanol–water partition coefficient (Wildman–Crippen LogP) is 6.00. The Kier molecular flexibility index (Phi) is 8.24.